The first-order chi connectivity index (χ1) is 10.7. The molecule has 7 nitrogen and oxygen atoms in total. The van der Waals surface area contributed by atoms with Crippen molar-refractivity contribution in [2.45, 2.75) is 57.9 Å². The lowest BCUT2D eigenvalue weighted by Gasteiger charge is -2.35. The number of carbonyl (C=O) groups excluding carboxylic acids is 2. The quantitative estimate of drug-likeness (QED) is 0.886. The van der Waals surface area contributed by atoms with Gasteiger partial charge in [0.25, 0.3) is 0 Å². The second-order valence-corrected chi connectivity index (χ2v) is 8.00. The van der Waals surface area contributed by atoms with Crippen molar-refractivity contribution in [2.24, 2.45) is 5.92 Å². The minimum Gasteiger partial charge on any atom is -0.444 e. The molecule has 1 heterocycles. The normalized spacial score (nSPS) is 20.7. The van der Waals surface area contributed by atoms with E-state index < -0.39 is 5.60 Å². The molecule has 0 aliphatic heterocycles. The molecule has 0 radical (unpaired) electrons. The predicted octanol–water partition coefficient (Wildman–Crippen LogP) is 2.53. The van der Waals surface area contributed by atoms with Crippen molar-refractivity contribution >= 4 is 23.0 Å². The molecule has 2 rings (SSSR count). The van der Waals surface area contributed by atoms with E-state index in [4.69, 9.17) is 4.74 Å². The van der Waals surface area contributed by atoms with Crippen LogP contribution in [0.5, 0.6) is 0 Å². The van der Waals surface area contributed by atoms with E-state index in [9.17, 15) is 9.59 Å². The van der Waals surface area contributed by atoms with E-state index in [0.717, 1.165) is 18.5 Å². The zero-order chi connectivity index (χ0) is 17.0. The topological polar surface area (TPSA) is 86.1 Å². The summed E-state index contributed by atoms with van der Waals surface area (Å²) in [5.41, 5.74) is 0.349. The van der Waals surface area contributed by atoms with Gasteiger partial charge >= 0.3 is 6.09 Å². The number of nitrogens with one attached hydrogen (secondary N) is 1. The second-order valence-electron chi connectivity index (χ2n) is 6.84. The average molecular weight is 340 g/mol. The Morgan fingerprint density at radius 2 is 2.13 bits per heavy atom. The summed E-state index contributed by atoms with van der Waals surface area (Å²) in [5.74, 6) is 0.998. The number of hydrogen-bond acceptors (Lipinski definition) is 6. The maximum Gasteiger partial charge on any atom is 0.407 e. The van der Waals surface area contributed by atoms with Crippen molar-refractivity contribution < 1.29 is 14.3 Å². The molecule has 1 fully saturated rings. The van der Waals surface area contributed by atoms with Crippen molar-refractivity contribution in [3.8, 4) is 0 Å². The van der Waals surface area contributed by atoms with Gasteiger partial charge in [0.15, 0.2) is 5.12 Å². The van der Waals surface area contributed by atoms with E-state index in [1.165, 1.54) is 11.8 Å². The minimum atomic E-state index is -0.471. The molecule has 1 N–H and O–H groups in total. The lowest BCUT2D eigenvalue weighted by atomic mass is 9.80. The molecular weight excluding hydrogens is 316 g/mol. The molecule has 1 aliphatic carbocycles. The van der Waals surface area contributed by atoms with E-state index in [0.29, 0.717) is 24.3 Å². The van der Waals surface area contributed by atoms with Crippen LogP contribution in [0, 0.1) is 5.92 Å². The lowest BCUT2D eigenvalue weighted by Crippen LogP contribution is -2.39. The lowest BCUT2D eigenvalue weighted by molar-refractivity contribution is -0.109. The Hall–Kier alpha value is -1.57. The average Bonchev–Trinajstić information content (AvgIpc) is 2.80. The van der Waals surface area contributed by atoms with E-state index in [2.05, 4.69) is 15.6 Å². The summed E-state index contributed by atoms with van der Waals surface area (Å²) in [4.78, 5) is 22.5. The number of carbonyl (C=O) groups is 2. The molecule has 1 aromatic heterocycles. The fourth-order valence-electron chi connectivity index (χ4n) is 2.36. The van der Waals surface area contributed by atoms with Crippen molar-refractivity contribution in [3.05, 3.63) is 11.9 Å². The Morgan fingerprint density at radius 3 is 2.74 bits per heavy atom. The molecule has 0 aromatic carbocycles. The van der Waals surface area contributed by atoms with Crippen LogP contribution < -0.4 is 5.32 Å². The molecule has 23 heavy (non-hydrogen) atoms. The number of aromatic nitrogens is 3. The summed E-state index contributed by atoms with van der Waals surface area (Å²) in [6.07, 6.45) is 3.44. The first kappa shape index (κ1) is 17.8. The van der Waals surface area contributed by atoms with E-state index in [1.54, 1.807) is 6.92 Å². The molecular formula is C15H24N4O3S. The second kappa shape index (κ2) is 7.33. The van der Waals surface area contributed by atoms with Crippen LogP contribution in [0.4, 0.5) is 4.79 Å². The summed E-state index contributed by atoms with van der Waals surface area (Å²) in [5, 5.41) is 11.1. The number of nitrogens with zero attached hydrogens (tertiary/aromatic N) is 3. The van der Waals surface area contributed by atoms with Crippen molar-refractivity contribution in [3.63, 3.8) is 0 Å². The van der Waals surface area contributed by atoms with Gasteiger partial charge in [0.2, 0.25) is 0 Å². The third kappa shape index (κ3) is 5.85. The van der Waals surface area contributed by atoms with Crippen LogP contribution in [0.2, 0.25) is 0 Å². The minimum absolute atomic E-state index is 0.0801. The first-order valence-electron chi connectivity index (χ1n) is 7.74. The van der Waals surface area contributed by atoms with Crippen LogP contribution in [-0.2, 0) is 15.3 Å². The summed E-state index contributed by atoms with van der Waals surface area (Å²) in [7, 11) is 0. The van der Waals surface area contributed by atoms with E-state index >= 15 is 0 Å². The highest BCUT2D eigenvalue weighted by atomic mass is 32.2. The fraction of sp³-hybridized carbons (Fsp3) is 0.733. The zero-order valence-corrected chi connectivity index (χ0v) is 14.9. The van der Waals surface area contributed by atoms with Crippen LogP contribution in [0.1, 0.15) is 52.3 Å². The molecule has 1 saturated carbocycles. The smallest absolute Gasteiger partial charge is 0.407 e. The fourth-order valence-corrected chi connectivity index (χ4v) is 2.84. The zero-order valence-electron chi connectivity index (χ0n) is 14.0. The van der Waals surface area contributed by atoms with Gasteiger partial charge in [-0.25, -0.2) is 9.48 Å². The number of ether oxygens (including phenoxy) is 1. The van der Waals surface area contributed by atoms with Gasteiger partial charge in [-0.05, 0) is 39.5 Å². The summed E-state index contributed by atoms with van der Waals surface area (Å²) in [6, 6.07) is 0.323. The molecule has 1 aliphatic rings. The summed E-state index contributed by atoms with van der Waals surface area (Å²) in [6.45, 7) is 7.70. The summed E-state index contributed by atoms with van der Waals surface area (Å²) < 4.78 is 7.07. The maximum atomic E-state index is 11.6. The number of thioether (sulfide) groups is 1. The first-order valence-corrected chi connectivity index (χ1v) is 8.72. The number of rotatable bonds is 5. The summed E-state index contributed by atoms with van der Waals surface area (Å²) >= 11 is 1.24. The van der Waals surface area contributed by atoms with Crippen molar-refractivity contribution in [1.29, 1.82) is 0 Å². The number of alkyl carbamates (subject to hydrolysis) is 1. The van der Waals surface area contributed by atoms with Crippen molar-refractivity contribution in [2.75, 3.05) is 6.54 Å². The van der Waals surface area contributed by atoms with Crippen LogP contribution in [0.15, 0.2) is 6.20 Å². The maximum absolute atomic E-state index is 11.6. The van der Waals surface area contributed by atoms with Gasteiger partial charge in [-0.2, -0.15) is 0 Å². The molecule has 0 atom stereocenters. The molecule has 0 unspecified atom stereocenters. The van der Waals surface area contributed by atoms with Gasteiger partial charge in [0.1, 0.15) is 5.60 Å². The van der Waals surface area contributed by atoms with E-state index in [1.807, 2.05) is 31.6 Å². The van der Waals surface area contributed by atoms with Gasteiger partial charge in [-0.15, -0.1) is 5.10 Å². The largest absolute Gasteiger partial charge is 0.444 e. The number of amides is 1. The van der Waals surface area contributed by atoms with Crippen molar-refractivity contribution in [1.82, 2.24) is 20.3 Å². The third-order valence-corrected chi connectivity index (χ3v) is 4.35. The van der Waals surface area contributed by atoms with Crippen LogP contribution in [0.25, 0.3) is 0 Å². The monoisotopic (exact) mass is 340 g/mol. The highest BCUT2D eigenvalue weighted by molar-refractivity contribution is 8.12. The Labute approximate surface area is 140 Å². The Balaban J connectivity index is 1.68. The molecule has 0 bridgehead atoms. The van der Waals surface area contributed by atoms with Gasteiger partial charge < -0.3 is 10.1 Å². The SMILES string of the molecule is CC(=O)SCc1cn(C2CC(CNC(=O)OC(C)(C)C)C2)nn1. The standard InChI is InChI=1S/C15H24N4O3S/c1-10(20)23-9-12-8-19(18-17-12)13-5-11(6-13)7-16-14(21)22-15(2,3)4/h8,11,13H,5-7,9H2,1-4H3,(H,16,21). The predicted molar refractivity (Wildman–Crippen MR) is 88.0 cm³/mol. The van der Waals surface area contributed by atoms with Gasteiger partial charge in [0, 0.05) is 25.4 Å². The molecule has 1 amide bonds. The third-order valence-electron chi connectivity index (χ3n) is 3.50. The van der Waals surface area contributed by atoms with Crippen LogP contribution >= 0.6 is 11.8 Å². The molecule has 0 spiro atoms. The number of hydrogen-bond donors (Lipinski definition) is 1. The Kier molecular flexibility index (Phi) is 5.67. The Morgan fingerprint density at radius 1 is 1.43 bits per heavy atom. The van der Waals surface area contributed by atoms with Gasteiger partial charge in [-0.3, -0.25) is 4.79 Å². The molecule has 1 aromatic rings. The highest BCUT2D eigenvalue weighted by Gasteiger charge is 2.32. The molecule has 8 heteroatoms. The van der Waals surface area contributed by atoms with Crippen LogP contribution in [-0.4, -0.2) is 38.3 Å². The van der Waals surface area contributed by atoms with Gasteiger partial charge in [0.05, 0.1) is 11.7 Å². The highest BCUT2D eigenvalue weighted by Crippen LogP contribution is 2.36. The molecule has 128 valence electrons. The Bertz CT molecular complexity index is 561. The van der Waals surface area contributed by atoms with Crippen LogP contribution in [0.3, 0.4) is 0 Å². The van der Waals surface area contributed by atoms with Gasteiger partial charge in [-0.1, -0.05) is 17.0 Å². The van der Waals surface area contributed by atoms with E-state index in [-0.39, 0.29) is 11.2 Å². The molecule has 0 saturated heterocycles.